The molecule has 0 aliphatic carbocycles. The van der Waals surface area contributed by atoms with Crippen LogP contribution in [0, 0.1) is 13.8 Å². The second-order valence-electron chi connectivity index (χ2n) is 5.82. The van der Waals surface area contributed by atoms with Gasteiger partial charge >= 0.3 is 5.97 Å². The molecule has 0 saturated carbocycles. The first kappa shape index (κ1) is 15.6. The standard InChI is InChI=1S/C15H22N2O4/c1-9-7-12(10(2)21-9)14(18)17-6-5-11(16(3)4)8-13(17)15(19)20/h7,11,13H,5-6,8H2,1-4H3,(H,19,20)/t11-,13-/m0/s1. The number of hydrogen-bond acceptors (Lipinski definition) is 4. The van der Waals surface area contributed by atoms with E-state index < -0.39 is 12.0 Å². The van der Waals surface area contributed by atoms with Crippen LogP contribution in [-0.2, 0) is 4.79 Å². The molecular weight excluding hydrogens is 272 g/mol. The molecule has 21 heavy (non-hydrogen) atoms. The summed E-state index contributed by atoms with van der Waals surface area (Å²) in [6.45, 7) is 3.95. The van der Waals surface area contributed by atoms with Gasteiger partial charge in [-0.25, -0.2) is 4.79 Å². The van der Waals surface area contributed by atoms with Crippen LogP contribution in [0.1, 0.15) is 34.7 Å². The van der Waals surface area contributed by atoms with Crippen molar-refractivity contribution in [2.75, 3.05) is 20.6 Å². The molecule has 1 N–H and O–H groups in total. The lowest BCUT2D eigenvalue weighted by atomic mass is 9.95. The Hall–Kier alpha value is -1.82. The molecule has 2 atom stereocenters. The van der Waals surface area contributed by atoms with Gasteiger partial charge in [-0.2, -0.15) is 0 Å². The second-order valence-corrected chi connectivity index (χ2v) is 5.82. The Balaban J connectivity index is 2.23. The number of aliphatic carboxylic acids is 1. The fraction of sp³-hybridized carbons (Fsp3) is 0.600. The average Bonchev–Trinajstić information content (AvgIpc) is 2.76. The van der Waals surface area contributed by atoms with Crippen LogP contribution < -0.4 is 0 Å². The summed E-state index contributed by atoms with van der Waals surface area (Å²) in [6, 6.07) is 1.07. The summed E-state index contributed by atoms with van der Waals surface area (Å²) >= 11 is 0. The van der Waals surface area contributed by atoms with Crippen LogP contribution in [0.5, 0.6) is 0 Å². The molecule has 1 aromatic rings. The third-order valence-electron chi connectivity index (χ3n) is 4.12. The van der Waals surface area contributed by atoms with Crippen molar-refractivity contribution >= 4 is 11.9 Å². The first-order valence-corrected chi connectivity index (χ1v) is 7.08. The van der Waals surface area contributed by atoms with Crippen molar-refractivity contribution in [1.82, 2.24) is 9.80 Å². The zero-order valence-electron chi connectivity index (χ0n) is 12.9. The Morgan fingerprint density at radius 3 is 2.52 bits per heavy atom. The third-order valence-corrected chi connectivity index (χ3v) is 4.12. The zero-order valence-corrected chi connectivity index (χ0v) is 12.9. The number of hydrogen-bond donors (Lipinski definition) is 1. The lowest BCUT2D eigenvalue weighted by Crippen LogP contribution is -2.53. The molecule has 1 aromatic heterocycles. The van der Waals surface area contributed by atoms with Gasteiger partial charge in [-0.1, -0.05) is 0 Å². The molecule has 6 nitrogen and oxygen atoms in total. The van der Waals surface area contributed by atoms with E-state index in [1.165, 1.54) is 4.90 Å². The lowest BCUT2D eigenvalue weighted by Gasteiger charge is -2.39. The molecule has 1 amide bonds. The highest BCUT2D eigenvalue weighted by Gasteiger charge is 2.38. The SMILES string of the molecule is Cc1cc(C(=O)N2CC[C@H](N(C)C)C[C@H]2C(=O)O)c(C)o1. The number of nitrogens with zero attached hydrogens (tertiary/aromatic N) is 2. The number of carboxylic acid groups (broad SMARTS) is 1. The van der Waals surface area contributed by atoms with Crippen LogP contribution >= 0.6 is 0 Å². The van der Waals surface area contributed by atoms with Crippen LogP contribution in [0.4, 0.5) is 0 Å². The van der Waals surface area contributed by atoms with Gasteiger partial charge < -0.3 is 19.3 Å². The van der Waals surface area contributed by atoms with E-state index in [1.807, 2.05) is 19.0 Å². The highest BCUT2D eigenvalue weighted by atomic mass is 16.4. The molecule has 0 aromatic carbocycles. The van der Waals surface area contributed by atoms with Gasteiger partial charge in [0.15, 0.2) is 0 Å². The Bertz CT molecular complexity index is 550. The summed E-state index contributed by atoms with van der Waals surface area (Å²) in [5, 5.41) is 9.44. The largest absolute Gasteiger partial charge is 0.480 e. The monoisotopic (exact) mass is 294 g/mol. The molecule has 2 heterocycles. The number of amides is 1. The smallest absolute Gasteiger partial charge is 0.326 e. The Morgan fingerprint density at radius 2 is 2.05 bits per heavy atom. The minimum Gasteiger partial charge on any atom is -0.480 e. The number of carbonyl (C=O) groups is 2. The van der Waals surface area contributed by atoms with Gasteiger partial charge in [-0.3, -0.25) is 4.79 Å². The van der Waals surface area contributed by atoms with E-state index in [-0.39, 0.29) is 11.9 Å². The van der Waals surface area contributed by atoms with Gasteiger partial charge in [0.2, 0.25) is 0 Å². The summed E-state index contributed by atoms with van der Waals surface area (Å²) in [7, 11) is 3.87. The molecule has 0 radical (unpaired) electrons. The molecule has 2 rings (SSSR count). The van der Waals surface area contributed by atoms with Gasteiger partial charge in [-0.15, -0.1) is 0 Å². The number of furan rings is 1. The first-order valence-electron chi connectivity index (χ1n) is 7.08. The summed E-state index contributed by atoms with van der Waals surface area (Å²) in [5.74, 6) is -0.0102. The molecule has 1 saturated heterocycles. The molecule has 1 aliphatic heterocycles. The van der Waals surface area contributed by atoms with Crippen molar-refractivity contribution in [3.05, 3.63) is 23.2 Å². The second kappa shape index (κ2) is 5.89. The molecule has 116 valence electrons. The molecule has 1 aliphatic rings. The minimum absolute atomic E-state index is 0.183. The summed E-state index contributed by atoms with van der Waals surface area (Å²) in [6.07, 6.45) is 1.22. The Labute approximate surface area is 124 Å². The highest BCUT2D eigenvalue weighted by Crippen LogP contribution is 2.25. The van der Waals surface area contributed by atoms with Gasteiger partial charge in [0.05, 0.1) is 5.56 Å². The quantitative estimate of drug-likeness (QED) is 0.915. The van der Waals surface area contributed by atoms with Crippen molar-refractivity contribution in [3.8, 4) is 0 Å². The topological polar surface area (TPSA) is 74.0 Å². The van der Waals surface area contributed by atoms with E-state index in [0.29, 0.717) is 30.0 Å². The van der Waals surface area contributed by atoms with Crippen LogP contribution in [0.15, 0.2) is 10.5 Å². The molecular formula is C15H22N2O4. The van der Waals surface area contributed by atoms with Crippen LogP contribution in [0.2, 0.25) is 0 Å². The molecule has 0 bridgehead atoms. The van der Waals surface area contributed by atoms with Crippen molar-refractivity contribution in [2.45, 2.75) is 38.8 Å². The van der Waals surface area contributed by atoms with E-state index in [4.69, 9.17) is 4.42 Å². The number of rotatable bonds is 3. The zero-order chi connectivity index (χ0) is 15.7. The van der Waals surface area contributed by atoms with Crippen LogP contribution in [0.25, 0.3) is 0 Å². The fourth-order valence-corrected chi connectivity index (χ4v) is 2.89. The Morgan fingerprint density at radius 1 is 1.38 bits per heavy atom. The first-order chi connectivity index (χ1) is 9.81. The number of piperidine rings is 1. The maximum Gasteiger partial charge on any atom is 0.326 e. The van der Waals surface area contributed by atoms with Crippen molar-refractivity contribution < 1.29 is 19.1 Å². The van der Waals surface area contributed by atoms with E-state index in [0.717, 1.165) is 6.42 Å². The van der Waals surface area contributed by atoms with Crippen molar-refractivity contribution in [3.63, 3.8) is 0 Å². The molecule has 0 spiro atoms. The minimum atomic E-state index is -0.951. The predicted octanol–water partition coefficient (Wildman–Crippen LogP) is 1.52. The Kier molecular flexibility index (Phi) is 4.37. The van der Waals surface area contributed by atoms with Gasteiger partial charge in [0.1, 0.15) is 17.6 Å². The van der Waals surface area contributed by atoms with Crippen LogP contribution in [0.3, 0.4) is 0 Å². The van der Waals surface area contributed by atoms with E-state index >= 15 is 0 Å². The van der Waals surface area contributed by atoms with Gasteiger partial charge in [0, 0.05) is 12.6 Å². The number of carboxylic acids is 1. The third kappa shape index (κ3) is 3.10. The van der Waals surface area contributed by atoms with E-state index in [9.17, 15) is 14.7 Å². The maximum absolute atomic E-state index is 12.6. The average molecular weight is 294 g/mol. The number of likely N-dealkylation sites (tertiary alicyclic amines) is 1. The summed E-state index contributed by atoms with van der Waals surface area (Å²) in [4.78, 5) is 27.6. The highest BCUT2D eigenvalue weighted by molar-refractivity contribution is 5.97. The fourth-order valence-electron chi connectivity index (χ4n) is 2.89. The van der Waals surface area contributed by atoms with E-state index in [1.54, 1.807) is 19.9 Å². The van der Waals surface area contributed by atoms with Crippen molar-refractivity contribution in [1.29, 1.82) is 0 Å². The normalized spacial score (nSPS) is 22.6. The molecule has 0 unspecified atom stereocenters. The van der Waals surface area contributed by atoms with Gasteiger partial charge in [0.25, 0.3) is 5.91 Å². The van der Waals surface area contributed by atoms with Crippen molar-refractivity contribution in [2.24, 2.45) is 0 Å². The lowest BCUT2D eigenvalue weighted by molar-refractivity contribution is -0.144. The number of carbonyl (C=O) groups excluding carboxylic acids is 1. The summed E-state index contributed by atoms with van der Waals surface area (Å²) in [5.41, 5.74) is 0.460. The molecule has 6 heteroatoms. The van der Waals surface area contributed by atoms with Crippen LogP contribution in [-0.4, -0.2) is 59.5 Å². The van der Waals surface area contributed by atoms with Gasteiger partial charge in [-0.05, 0) is 46.9 Å². The predicted molar refractivity (Wildman–Crippen MR) is 77.4 cm³/mol. The summed E-state index contributed by atoms with van der Waals surface area (Å²) < 4.78 is 5.38. The maximum atomic E-state index is 12.6. The van der Waals surface area contributed by atoms with E-state index in [2.05, 4.69) is 0 Å². The molecule has 1 fully saturated rings. The number of aryl methyl sites for hydroxylation is 2.